The zero-order valence-corrected chi connectivity index (χ0v) is 15.9. The van der Waals surface area contributed by atoms with Crippen molar-refractivity contribution in [1.29, 1.82) is 0 Å². The quantitative estimate of drug-likeness (QED) is 0.633. The number of nitrogens with two attached hydrogens (primary N) is 1. The van der Waals surface area contributed by atoms with Crippen molar-refractivity contribution in [2.45, 2.75) is 9.92 Å². The van der Waals surface area contributed by atoms with E-state index in [9.17, 15) is 9.59 Å². The van der Waals surface area contributed by atoms with E-state index in [1.807, 2.05) is 30.3 Å². The van der Waals surface area contributed by atoms with Crippen LogP contribution >= 0.6 is 27.7 Å². The van der Waals surface area contributed by atoms with Crippen molar-refractivity contribution in [2.75, 3.05) is 5.32 Å². The molecule has 1 aromatic heterocycles. The fourth-order valence-electron chi connectivity index (χ4n) is 2.19. The fourth-order valence-corrected chi connectivity index (χ4v) is 3.31. The second kappa shape index (κ2) is 8.16. The highest BCUT2D eigenvalue weighted by Crippen LogP contribution is 2.30. The monoisotopic (exact) mass is 427 g/mol. The summed E-state index contributed by atoms with van der Waals surface area (Å²) >= 11 is 4.77. The number of hydrogen-bond donors (Lipinski definition) is 2. The minimum atomic E-state index is -0.508. The van der Waals surface area contributed by atoms with Crippen LogP contribution in [0.25, 0.3) is 0 Å². The lowest BCUT2D eigenvalue weighted by Gasteiger charge is -2.10. The van der Waals surface area contributed by atoms with E-state index in [2.05, 4.69) is 26.2 Å². The molecule has 3 N–H and O–H groups in total. The smallest absolute Gasteiger partial charge is 0.256 e. The van der Waals surface area contributed by atoms with E-state index in [0.717, 1.165) is 14.4 Å². The maximum absolute atomic E-state index is 12.7. The van der Waals surface area contributed by atoms with Crippen molar-refractivity contribution in [2.24, 2.45) is 5.73 Å². The maximum atomic E-state index is 12.7. The molecule has 1 heterocycles. The Morgan fingerprint density at radius 2 is 1.73 bits per heavy atom. The summed E-state index contributed by atoms with van der Waals surface area (Å²) in [4.78, 5) is 28.9. The van der Waals surface area contributed by atoms with Crippen molar-refractivity contribution in [3.8, 4) is 0 Å². The molecule has 0 aliphatic rings. The zero-order valence-electron chi connectivity index (χ0n) is 13.5. The molecule has 3 aromatic rings. The summed E-state index contributed by atoms with van der Waals surface area (Å²) < 4.78 is 0.896. The first-order chi connectivity index (χ1) is 12.5. The van der Waals surface area contributed by atoms with Gasteiger partial charge in [0, 0.05) is 26.8 Å². The third-order valence-corrected chi connectivity index (χ3v) is 4.97. The van der Waals surface area contributed by atoms with Crippen molar-refractivity contribution >= 4 is 45.2 Å². The number of halogens is 1. The molecule has 0 bridgehead atoms. The number of primary amides is 1. The van der Waals surface area contributed by atoms with Gasteiger partial charge in [0.1, 0.15) is 5.03 Å². The van der Waals surface area contributed by atoms with Crippen molar-refractivity contribution in [1.82, 2.24) is 4.98 Å². The van der Waals surface area contributed by atoms with Gasteiger partial charge in [-0.25, -0.2) is 4.98 Å². The average Bonchev–Trinajstić information content (AvgIpc) is 2.64. The topological polar surface area (TPSA) is 85.1 Å². The summed E-state index contributed by atoms with van der Waals surface area (Å²) in [6, 6.07) is 17.5. The normalized spacial score (nSPS) is 10.3. The molecule has 0 unspecified atom stereocenters. The molecule has 0 radical (unpaired) electrons. The first kappa shape index (κ1) is 18.2. The van der Waals surface area contributed by atoms with Crippen molar-refractivity contribution < 1.29 is 9.59 Å². The van der Waals surface area contributed by atoms with Crippen LogP contribution in [0.5, 0.6) is 0 Å². The molecule has 0 aliphatic carbocycles. The van der Waals surface area contributed by atoms with Gasteiger partial charge in [0.05, 0.1) is 5.56 Å². The van der Waals surface area contributed by atoms with Gasteiger partial charge in [-0.2, -0.15) is 0 Å². The van der Waals surface area contributed by atoms with E-state index >= 15 is 0 Å². The Balaban J connectivity index is 1.79. The van der Waals surface area contributed by atoms with Gasteiger partial charge in [-0.3, -0.25) is 9.59 Å². The van der Waals surface area contributed by atoms with Crippen molar-refractivity contribution in [3.63, 3.8) is 0 Å². The molecule has 0 atom stereocenters. The maximum Gasteiger partial charge on any atom is 0.256 e. The first-order valence-electron chi connectivity index (χ1n) is 7.62. The number of anilines is 1. The van der Waals surface area contributed by atoms with Gasteiger partial charge in [0.25, 0.3) is 5.91 Å². The Morgan fingerprint density at radius 1 is 1.00 bits per heavy atom. The van der Waals surface area contributed by atoms with Gasteiger partial charge in [0.15, 0.2) is 0 Å². The predicted octanol–water partition coefficient (Wildman–Crippen LogP) is 4.35. The minimum Gasteiger partial charge on any atom is -0.366 e. The number of nitrogens with zero attached hydrogens (tertiary/aromatic N) is 1. The standard InChI is InChI=1S/C19H14BrN3O2S/c20-13-7-10-17(22-11-13)26-16-4-2-1-3-15(16)19(25)23-14-8-5-12(6-9-14)18(21)24/h1-11H,(H2,21,24)(H,23,25). The lowest BCUT2D eigenvalue weighted by atomic mass is 10.1. The molecule has 5 nitrogen and oxygen atoms in total. The molecule has 26 heavy (non-hydrogen) atoms. The Kier molecular flexibility index (Phi) is 5.70. The van der Waals surface area contributed by atoms with Crippen LogP contribution in [0.2, 0.25) is 0 Å². The Bertz CT molecular complexity index is 944. The lowest BCUT2D eigenvalue weighted by Crippen LogP contribution is -2.14. The number of nitrogens with one attached hydrogen (secondary N) is 1. The summed E-state index contributed by atoms with van der Waals surface area (Å²) in [5, 5.41) is 3.62. The Labute approximate surface area is 163 Å². The summed E-state index contributed by atoms with van der Waals surface area (Å²) in [6.07, 6.45) is 1.71. The molecule has 0 spiro atoms. The molecule has 0 aliphatic heterocycles. The Morgan fingerprint density at radius 3 is 2.38 bits per heavy atom. The summed E-state index contributed by atoms with van der Waals surface area (Å²) in [5.74, 6) is -0.747. The third-order valence-electron chi connectivity index (χ3n) is 3.47. The van der Waals surface area contributed by atoms with E-state index in [1.54, 1.807) is 36.5 Å². The number of pyridine rings is 1. The van der Waals surface area contributed by atoms with Crippen LogP contribution in [-0.2, 0) is 0 Å². The average molecular weight is 428 g/mol. The van der Waals surface area contributed by atoms with Crippen LogP contribution in [-0.4, -0.2) is 16.8 Å². The summed E-state index contributed by atoms with van der Waals surface area (Å²) in [5.41, 5.74) is 6.74. The first-order valence-corrected chi connectivity index (χ1v) is 9.23. The van der Waals surface area contributed by atoms with Crippen LogP contribution < -0.4 is 11.1 Å². The van der Waals surface area contributed by atoms with Gasteiger partial charge in [-0.05, 0) is 64.5 Å². The van der Waals surface area contributed by atoms with E-state index in [0.29, 0.717) is 16.8 Å². The van der Waals surface area contributed by atoms with Gasteiger partial charge in [-0.1, -0.05) is 23.9 Å². The van der Waals surface area contributed by atoms with E-state index in [-0.39, 0.29) is 5.91 Å². The van der Waals surface area contributed by atoms with E-state index < -0.39 is 5.91 Å². The van der Waals surface area contributed by atoms with E-state index in [1.165, 1.54) is 11.8 Å². The minimum absolute atomic E-state index is 0.239. The van der Waals surface area contributed by atoms with Crippen LogP contribution in [0.1, 0.15) is 20.7 Å². The second-order valence-electron chi connectivity index (χ2n) is 5.31. The largest absolute Gasteiger partial charge is 0.366 e. The zero-order chi connectivity index (χ0) is 18.5. The molecule has 130 valence electrons. The molecule has 0 saturated carbocycles. The number of amides is 2. The Hall–Kier alpha value is -2.64. The lowest BCUT2D eigenvalue weighted by molar-refractivity contribution is 0.0998. The molecule has 2 amide bonds. The van der Waals surface area contributed by atoms with Gasteiger partial charge < -0.3 is 11.1 Å². The molecule has 7 heteroatoms. The number of carbonyl (C=O) groups is 2. The highest BCUT2D eigenvalue weighted by atomic mass is 79.9. The molecular formula is C19H14BrN3O2S. The number of aromatic nitrogens is 1. The van der Waals surface area contributed by atoms with Crippen LogP contribution in [0.3, 0.4) is 0 Å². The number of hydrogen-bond acceptors (Lipinski definition) is 4. The summed E-state index contributed by atoms with van der Waals surface area (Å²) in [6.45, 7) is 0. The highest BCUT2D eigenvalue weighted by molar-refractivity contribution is 9.10. The molecule has 0 saturated heterocycles. The molecule has 2 aromatic carbocycles. The molecule has 0 fully saturated rings. The molecular weight excluding hydrogens is 414 g/mol. The van der Waals surface area contributed by atoms with Crippen LogP contribution in [0.15, 0.2) is 81.3 Å². The SMILES string of the molecule is NC(=O)c1ccc(NC(=O)c2ccccc2Sc2ccc(Br)cn2)cc1. The van der Waals surface area contributed by atoms with Gasteiger partial charge in [-0.15, -0.1) is 0 Å². The second-order valence-corrected chi connectivity index (χ2v) is 7.29. The van der Waals surface area contributed by atoms with Gasteiger partial charge in [0.2, 0.25) is 5.91 Å². The number of rotatable bonds is 5. The van der Waals surface area contributed by atoms with Crippen molar-refractivity contribution in [3.05, 3.63) is 82.5 Å². The highest BCUT2D eigenvalue weighted by Gasteiger charge is 2.13. The number of benzene rings is 2. The van der Waals surface area contributed by atoms with E-state index in [4.69, 9.17) is 5.73 Å². The number of carbonyl (C=O) groups excluding carboxylic acids is 2. The summed E-state index contributed by atoms with van der Waals surface area (Å²) in [7, 11) is 0. The van der Waals surface area contributed by atoms with Crippen LogP contribution in [0, 0.1) is 0 Å². The third kappa shape index (κ3) is 4.50. The fraction of sp³-hybridized carbons (Fsp3) is 0. The van der Waals surface area contributed by atoms with Gasteiger partial charge >= 0.3 is 0 Å². The predicted molar refractivity (Wildman–Crippen MR) is 105 cm³/mol. The molecule has 3 rings (SSSR count). The van der Waals surface area contributed by atoms with Crippen LogP contribution in [0.4, 0.5) is 5.69 Å².